The normalized spacial score (nSPS) is 14.9. The Balaban J connectivity index is 1.06. The lowest BCUT2D eigenvalue weighted by molar-refractivity contribution is 0.209. The number of hydrogen-bond donors (Lipinski definition) is 0. The van der Waals surface area contributed by atoms with E-state index >= 15 is 0 Å². The molecule has 0 saturated carbocycles. The van der Waals surface area contributed by atoms with Crippen molar-refractivity contribution in [2.24, 2.45) is 0 Å². The third-order valence-electron chi connectivity index (χ3n) is 8.82. The number of hydrogen-bond acceptors (Lipinski definition) is 9. The number of pyridine rings is 6. The third-order valence-corrected chi connectivity index (χ3v) is 10.1. The van der Waals surface area contributed by atoms with Gasteiger partial charge in [-0.15, -0.1) is 0 Å². The zero-order chi connectivity index (χ0) is 35.0. The predicted molar refractivity (Wildman–Crippen MR) is 211 cm³/mol. The van der Waals surface area contributed by atoms with E-state index in [2.05, 4.69) is 114 Å². The lowest BCUT2D eigenvalue weighted by Gasteiger charge is -2.26. The smallest absolute Gasteiger partial charge is 0.106 e. The second kappa shape index (κ2) is 17.2. The molecule has 7 rings (SSSR count). The van der Waals surface area contributed by atoms with Crippen molar-refractivity contribution in [1.29, 1.82) is 0 Å². The fraction of sp³-hybridized carbons (Fsp3) is 0.231. The molecule has 1 saturated heterocycles. The van der Waals surface area contributed by atoms with Crippen molar-refractivity contribution in [3.63, 3.8) is 0 Å². The molecule has 7 heterocycles. The van der Waals surface area contributed by atoms with E-state index in [1.807, 2.05) is 73.2 Å². The molecule has 0 aromatic carbocycles. The van der Waals surface area contributed by atoms with Gasteiger partial charge < -0.3 is 0 Å². The maximum Gasteiger partial charge on any atom is 0.106 e. The predicted octanol–water partition coefficient (Wildman–Crippen LogP) is 8.17. The zero-order valence-electron chi connectivity index (χ0n) is 27.9. The fourth-order valence-electron chi connectivity index (χ4n) is 6.09. The van der Waals surface area contributed by atoms with Crippen molar-refractivity contribution >= 4 is 47.8 Å². The van der Waals surface area contributed by atoms with Crippen LogP contribution in [0.4, 0.5) is 0 Å². The lowest BCUT2D eigenvalue weighted by Crippen LogP contribution is -2.35. The minimum absolute atomic E-state index is 0.804. The SMILES string of the molecule is Brc1cccc(-c2ccc(CN3CCN(Cc4ccc(-c5cccc(Br)n5)nc4)CCN(Cc4ccc(-c5cccc(Br)n5)nc4)CC3)cn2)n1. The molecule has 258 valence electrons. The third kappa shape index (κ3) is 9.97. The van der Waals surface area contributed by atoms with E-state index in [4.69, 9.17) is 15.0 Å². The first-order chi connectivity index (χ1) is 24.9. The maximum absolute atomic E-state index is 4.77. The van der Waals surface area contributed by atoms with Crippen LogP contribution in [0.15, 0.2) is 123 Å². The highest BCUT2D eigenvalue weighted by Crippen LogP contribution is 2.21. The first-order valence-corrected chi connectivity index (χ1v) is 19.2. The lowest BCUT2D eigenvalue weighted by atomic mass is 10.2. The van der Waals surface area contributed by atoms with Gasteiger partial charge in [0.1, 0.15) is 13.8 Å². The zero-order valence-corrected chi connectivity index (χ0v) is 32.7. The molecule has 0 unspecified atom stereocenters. The molecule has 6 aromatic rings. The van der Waals surface area contributed by atoms with Gasteiger partial charge in [-0.3, -0.25) is 29.7 Å². The quantitative estimate of drug-likeness (QED) is 0.134. The Kier molecular flexibility index (Phi) is 12.0. The first kappa shape index (κ1) is 35.6. The van der Waals surface area contributed by atoms with Crippen LogP contribution in [-0.4, -0.2) is 83.9 Å². The Morgan fingerprint density at radius 3 is 0.902 bits per heavy atom. The molecule has 0 amide bonds. The van der Waals surface area contributed by atoms with Crippen LogP contribution in [0.3, 0.4) is 0 Å². The summed E-state index contributed by atoms with van der Waals surface area (Å²) in [6, 6.07) is 30.4. The Labute approximate surface area is 323 Å². The van der Waals surface area contributed by atoms with Gasteiger partial charge in [-0.05, 0) is 119 Å². The largest absolute Gasteiger partial charge is 0.296 e. The van der Waals surface area contributed by atoms with Gasteiger partial charge in [0.25, 0.3) is 0 Å². The molecule has 0 atom stereocenters. The van der Waals surface area contributed by atoms with Gasteiger partial charge in [0, 0.05) is 77.5 Å². The highest BCUT2D eigenvalue weighted by Gasteiger charge is 2.18. The summed E-state index contributed by atoms with van der Waals surface area (Å²) >= 11 is 10.4. The van der Waals surface area contributed by atoms with E-state index in [-0.39, 0.29) is 0 Å². The van der Waals surface area contributed by atoms with E-state index in [0.29, 0.717) is 0 Å². The summed E-state index contributed by atoms with van der Waals surface area (Å²) in [7, 11) is 0. The van der Waals surface area contributed by atoms with Crippen LogP contribution in [-0.2, 0) is 19.6 Å². The molecule has 9 nitrogen and oxygen atoms in total. The van der Waals surface area contributed by atoms with Gasteiger partial charge in [-0.1, -0.05) is 36.4 Å². The van der Waals surface area contributed by atoms with Crippen LogP contribution < -0.4 is 0 Å². The molecule has 0 radical (unpaired) electrons. The summed E-state index contributed by atoms with van der Waals surface area (Å²) in [6.07, 6.45) is 5.96. The van der Waals surface area contributed by atoms with E-state index in [9.17, 15) is 0 Å². The number of halogens is 3. The van der Waals surface area contributed by atoms with Crippen molar-refractivity contribution in [2.45, 2.75) is 19.6 Å². The van der Waals surface area contributed by atoms with Gasteiger partial charge in [0.15, 0.2) is 0 Å². The van der Waals surface area contributed by atoms with Crippen molar-refractivity contribution in [1.82, 2.24) is 44.6 Å². The maximum atomic E-state index is 4.77. The second-order valence-electron chi connectivity index (χ2n) is 12.5. The summed E-state index contributed by atoms with van der Waals surface area (Å²) in [5, 5.41) is 0. The van der Waals surface area contributed by atoms with Crippen molar-refractivity contribution in [3.8, 4) is 34.2 Å². The highest BCUT2D eigenvalue weighted by molar-refractivity contribution is 9.11. The first-order valence-electron chi connectivity index (χ1n) is 16.8. The Hall–Kier alpha value is -3.78. The van der Waals surface area contributed by atoms with Gasteiger partial charge >= 0.3 is 0 Å². The summed E-state index contributed by atoms with van der Waals surface area (Å²) in [4.78, 5) is 35.6. The molecule has 0 spiro atoms. The number of nitrogens with zero attached hydrogens (tertiary/aromatic N) is 9. The van der Waals surface area contributed by atoms with Gasteiger partial charge in [-0.25, -0.2) is 15.0 Å². The molecule has 1 aliphatic rings. The topological polar surface area (TPSA) is 87.1 Å². The molecule has 0 bridgehead atoms. The van der Waals surface area contributed by atoms with Crippen molar-refractivity contribution in [3.05, 3.63) is 140 Å². The summed E-state index contributed by atoms with van der Waals surface area (Å²) in [5.41, 5.74) is 8.74. The number of aromatic nitrogens is 6. The fourth-order valence-corrected chi connectivity index (χ4v) is 7.13. The Bertz CT molecular complexity index is 1800. The van der Waals surface area contributed by atoms with Crippen LogP contribution in [0.2, 0.25) is 0 Å². The van der Waals surface area contributed by atoms with Crippen LogP contribution in [0, 0.1) is 0 Å². The molecule has 1 fully saturated rings. The average Bonchev–Trinajstić information content (AvgIpc) is 3.23. The summed E-state index contributed by atoms with van der Waals surface area (Å²) in [5.74, 6) is 0. The average molecular weight is 870 g/mol. The Morgan fingerprint density at radius 2 is 0.667 bits per heavy atom. The molecular weight excluding hydrogens is 834 g/mol. The molecule has 6 aromatic heterocycles. The van der Waals surface area contributed by atoms with Crippen molar-refractivity contribution < 1.29 is 0 Å². The highest BCUT2D eigenvalue weighted by atomic mass is 79.9. The summed E-state index contributed by atoms with van der Waals surface area (Å²) in [6.45, 7) is 8.18. The molecule has 12 heteroatoms. The minimum atomic E-state index is 0.804. The standard InChI is InChI=1S/C39H36Br3N9/c40-37-7-1-4-34(46-37)31-13-10-28(22-43-31)25-49-16-18-50(26-29-11-14-32(44-23-29)35-5-2-8-38(41)47-35)20-21-51(19-17-49)27-30-12-15-33(45-24-30)36-6-3-9-39(42)48-36/h1-15,22-24H,16-21,25-27H2. The Morgan fingerprint density at radius 1 is 0.373 bits per heavy atom. The minimum Gasteiger partial charge on any atom is -0.296 e. The van der Waals surface area contributed by atoms with Crippen LogP contribution in [0.1, 0.15) is 16.7 Å². The van der Waals surface area contributed by atoms with Crippen molar-refractivity contribution in [2.75, 3.05) is 39.3 Å². The van der Waals surface area contributed by atoms with E-state index in [0.717, 1.165) is 107 Å². The molecule has 51 heavy (non-hydrogen) atoms. The molecule has 0 N–H and O–H groups in total. The molecule has 1 aliphatic heterocycles. The van der Waals surface area contributed by atoms with Crippen LogP contribution in [0.5, 0.6) is 0 Å². The van der Waals surface area contributed by atoms with Gasteiger partial charge in [0.05, 0.1) is 34.2 Å². The van der Waals surface area contributed by atoms with E-state index in [1.54, 1.807) is 0 Å². The monoisotopic (exact) mass is 867 g/mol. The number of rotatable bonds is 9. The van der Waals surface area contributed by atoms with Crippen LogP contribution >= 0.6 is 47.8 Å². The summed E-state index contributed by atoms with van der Waals surface area (Å²) < 4.78 is 2.41. The van der Waals surface area contributed by atoms with E-state index < -0.39 is 0 Å². The molecule has 0 aliphatic carbocycles. The second-order valence-corrected chi connectivity index (χ2v) is 15.0. The van der Waals surface area contributed by atoms with Gasteiger partial charge in [-0.2, -0.15) is 0 Å². The molecular formula is C39H36Br3N9. The van der Waals surface area contributed by atoms with E-state index in [1.165, 1.54) is 16.7 Å². The van der Waals surface area contributed by atoms with Gasteiger partial charge in [0.2, 0.25) is 0 Å². The van der Waals surface area contributed by atoms with Crippen LogP contribution in [0.25, 0.3) is 34.2 Å².